The van der Waals surface area contributed by atoms with E-state index >= 15 is 0 Å². The average molecular weight is 385 g/mol. The van der Waals surface area contributed by atoms with Crippen molar-refractivity contribution >= 4 is 11.8 Å². The third kappa shape index (κ3) is 6.21. The number of nitrogens with zero attached hydrogens (tertiary/aromatic N) is 1. The maximum atomic E-state index is 12.5. The molecule has 2 amide bonds. The maximum absolute atomic E-state index is 12.5. The number of rotatable bonds is 9. The van der Waals surface area contributed by atoms with E-state index in [1.165, 1.54) is 6.26 Å². The van der Waals surface area contributed by atoms with E-state index < -0.39 is 0 Å². The highest BCUT2D eigenvalue weighted by molar-refractivity contribution is 5.91. The van der Waals surface area contributed by atoms with Gasteiger partial charge in [-0.05, 0) is 24.1 Å². The lowest BCUT2D eigenvalue weighted by atomic mass is 10.1. The van der Waals surface area contributed by atoms with Crippen LogP contribution in [0.3, 0.4) is 0 Å². The average Bonchev–Trinajstić information content (AvgIpc) is 3.27. The molecule has 1 aromatic carbocycles. The first-order valence-corrected chi connectivity index (χ1v) is 9.68. The van der Waals surface area contributed by atoms with E-state index in [2.05, 4.69) is 15.5 Å². The zero-order valence-corrected chi connectivity index (χ0v) is 15.9. The van der Waals surface area contributed by atoms with Crippen LogP contribution in [0.2, 0.25) is 0 Å². The lowest BCUT2D eigenvalue weighted by Gasteiger charge is -2.31. The number of furan rings is 1. The molecule has 2 heterocycles. The predicted octanol–water partition coefficient (Wildman–Crippen LogP) is 1.98. The minimum absolute atomic E-state index is 0.0191. The van der Waals surface area contributed by atoms with E-state index in [0.717, 1.165) is 38.4 Å². The van der Waals surface area contributed by atoms with Crippen molar-refractivity contribution in [1.29, 1.82) is 0 Å². The molecular weight excluding hydrogens is 358 g/mol. The monoisotopic (exact) mass is 385 g/mol. The second-order valence-corrected chi connectivity index (χ2v) is 6.78. The molecular formula is C21H27N3O4. The number of carbonyl (C=O) groups excluding carboxylic acids is 2. The molecule has 0 bridgehead atoms. The van der Waals surface area contributed by atoms with Gasteiger partial charge in [-0.25, -0.2) is 0 Å². The van der Waals surface area contributed by atoms with Gasteiger partial charge in [0.05, 0.1) is 25.5 Å². The van der Waals surface area contributed by atoms with Gasteiger partial charge in [-0.3, -0.25) is 14.5 Å². The Kier molecular flexibility index (Phi) is 7.63. The standard InChI is InChI=1S/C21H27N3O4/c25-20(9-4-10-22-21(26)19-8-5-13-28-19)23-18(17-6-2-1-3-7-17)16-24-11-14-27-15-12-24/h1-3,5-8,13,18H,4,9-12,14-16H2,(H,22,26)(H,23,25). The Labute approximate surface area is 165 Å². The number of ether oxygens (including phenoxy) is 1. The van der Waals surface area contributed by atoms with Crippen LogP contribution in [-0.4, -0.2) is 56.1 Å². The first-order chi connectivity index (χ1) is 13.7. The zero-order chi connectivity index (χ0) is 19.6. The molecule has 150 valence electrons. The summed E-state index contributed by atoms with van der Waals surface area (Å²) in [5, 5.41) is 5.90. The van der Waals surface area contributed by atoms with E-state index in [1.807, 2.05) is 30.3 Å². The van der Waals surface area contributed by atoms with Gasteiger partial charge in [0, 0.05) is 32.6 Å². The molecule has 1 aliphatic heterocycles. The fourth-order valence-electron chi connectivity index (χ4n) is 3.17. The largest absolute Gasteiger partial charge is 0.459 e. The fraction of sp³-hybridized carbons (Fsp3) is 0.429. The van der Waals surface area contributed by atoms with Crippen LogP contribution in [0.1, 0.15) is 35.0 Å². The Morgan fingerprint density at radius 2 is 1.86 bits per heavy atom. The molecule has 0 radical (unpaired) electrons. The van der Waals surface area contributed by atoms with Crippen molar-refractivity contribution in [2.75, 3.05) is 39.4 Å². The van der Waals surface area contributed by atoms with E-state index in [9.17, 15) is 9.59 Å². The van der Waals surface area contributed by atoms with Gasteiger partial charge >= 0.3 is 0 Å². The van der Waals surface area contributed by atoms with Crippen LogP contribution in [-0.2, 0) is 9.53 Å². The number of morpholine rings is 1. The van der Waals surface area contributed by atoms with Crippen molar-refractivity contribution in [3.05, 3.63) is 60.1 Å². The van der Waals surface area contributed by atoms with Gasteiger partial charge in [-0.1, -0.05) is 30.3 Å². The van der Waals surface area contributed by atoms with E-state index in [0.29, 0.717) is 19.4 Å². The molecule has 2 aromatic rings. The van der Waals surface area contributed by atoms with Gasteiger partial charge in [-0.2, -0.15) is 0 Å². The van der Waals surface area contributed by atoms with E-state index in [4.69, 9.17) is 9.15 Å². The van der Waals surface area contributed by atoms with Gasteiger partial charge in [0.1, 0.15) is 0 Å². The summed E-state index contributed by atoms with van der Waals surface area (Å²) in [4.78, 5) is 26.6. The Balaban J connectivity index is 1.46. The van der Waals surface area contributed by atoms with Crippen molar-refractivity contribution in [3.8, 4) is 0 Å². The summed E-state index contributed by atoms with van der Waals surface area (Å²) in [5.41, 5.74) is 1.09. The van der Waals surface area contributed by atoms with Crippen LogP contribution < -0.4 is 10.6 Å². The minimum Gasteiger partial charge on any atom is -0.459 e. The fourth-order valence-corrected chi connectivity index (χ4v) is 3.17. The highest BCUT2D eigenvalue weighted by atomic mass is 16.5. The Morgan fingerprint density at radius 3 is 2.57 bits per heavy atom. The summed E-state index contributed by atoms with van der Waals surface area (Å²) in [5.74, 6) is -0.00616. The van der Waals surface area contributed by atoms with Gasteiger partial charge in [-0.15, -0.1) is 0 Å². The van der Waals surface area contributed by atoms with Crippen molar-refractivity contribution in [1.82, 2.24) is 15.5 Å². The van der Waals surface area contributed by atoms with Crippen LogP contribution in [0.15, 0.2) is 53.1 Å². The second kappa shape index (κ2) is 10.6. The van der Waals surface area contributed by atoms with Crippen molar-refractivity contribution in [3.63, 3.8) is 0 Å². The molecule has 2 N–H and O–H groups in total. The lowest BCUT2D eigenvalue weighted by molar-refractivity contribution is -0.122. The summed E-state index contributed by atoms with van der Waals surface area (Å²) >= 11 is 0. The highest BCUT2D eigenvalue weighted by Gasteiger charge is 2.20. The molecule has 1 aliphatic rings. The summed E-state index contributed by atoms with van der Waals surface area (Å²) in [7, 11) is 0. The molecule has 1 unspecified atom stereocenters. The molecule has 0 aliphatic carbocycles. The molecule has 7 heteroatoms. The van der Waals surface area contributed by atoms with Crippen molar-refractivity contribution in [2.24, 2.45) is 0 Å². The number of amides is 2. The Morgan fingerprint density at radius 1 is 1.07 bits per heavy atom. The molecule has 1 saturated heterocycles. The Bertz CT molecular complexity index is 727. The number of carbonyl (C=O) groups is 2. The van der Waals surface area contributed by atoms with Crippen LogP contribution in [0.25, 0.3) is 0 Å². The lowest BCUT2D eigenvalue weighted by Crippen LogP contribution is -2.43. The Hall–Kier alpha value is -2.64. The minimum atomic E-state index is -0.264. The molecule has 0 spiro atoms. The van der Waals surface area contributed by atoms with Crippen molar-refractivity contribution < 1.29 is 18.7 Å². The summed E-state index contributed by atoms with van der Waals surface area (Å²) in [6.45, 7) is 4.38. The quantitative estimate of drug-likeness (QED) is 0.645. The number of nitrogens with one attached hydrogen (secondary N) is 2. The SMILES string of the molecule is O=C(CCCNC(=O)c1ccco1)NC(CN1CCOCC1)c1ccccc1. The summed E-state index contributed by atoms with van der Waals surface area (Å²) in [6, 6.07) is 13.2. The van der Waals surface area contributed by atoms with Gasteiger partial charge < -0.3 is 19.8 Å². The van der Waals surface area contributed by atoms with E-state index in [1.54, 1.807) is 12.1 Å². The molecule has 7 nitrogen and oxygen atoms in total. The van der Waals surface area contributed by atoms with Crippen LogP contribution >= 0.6 is 0 Å². The first-order valence-electron chi connectivity index (χ1n) is 9.68. The smallest absolute Gasteiger partial charge is 0.286 e. The van der Waals surface area contributed by atoms with Crippen LogP contribution in [0.4, 0.5) is 0 Å². The number of hydrogen-bond donors (Lipinski definition) is 2. The topological polar surface area (TPSA) is 83.8 Å². The first kappa shape index (κ1) is 20.1. The normalized spacial score (nSPS) is 15.7. The molecule has 0 saturated carbocycles. The zero-order valence-electron chi connectivity index (χ0n) is 15.9. The van der Waals surface area contributed by atoms with Gasteiger partial charge in [0.25, 0.3) is 5.91 Å². The molecule has 1 atom stereocenters. The summed E-state index contributed by atoms with van der Waals surface area (Å²) in [6.07, 6.45) is 2.38. The van der Waals surface area contributed by atoms with Gasteiger partial charge in [0.2, 0.25) is 5.91 Å². The number of hydrogen-bond acceptors (Lipinski definition) is 5. The third-order valence-corrected chi connectivity index (χ3v) is 4.69. The molecule has 1 aromatic heterocycles. The number of benzene rings is 1. The molecule has 1 fully saturated rings. The highest BCUT2D eigenvalue weighted by Crippen LogP contribution is 2.15. The van der Waals surface area contributed by atoms with E-state index in [-0.39, 0.29) is 23.6 Å². The van der Waals surface area contributed by atoms with Crippen LogP contribution in [0, 0.1) is 0 Å². The molecule has 3 rings (SSSR count). The maximum Gasteiger partial charge on any atom is 0.286 e. The second-order valence-electron chi connectivity index (χ2n) is 6.78. The van der Waals surface area contributed by atoms with Gasteiger partial charge in [0.15, 0.2) is 5.76 Å². The van der Waals surface area contributed by atoms with Crippen molar-refractivity contribution in [2.45, 2.75) is 18.9 Å². The molecule has 28 heavy (non-hydrogen) atoms. The predicted molar refractivity (Wildman–Crippen MR) is 105 cm³/mol. The third-order valence-electron chi connectivity index (χ3n) is 4.69. The van der Waals surface area contributed by atoms with Crippen LogP contribution in [0.5, 0.6) is 0 Å². The summed E-state index contributed by atoms with van der Waals surface area (Å²) < 4.78 is 10.5.